The van der Waals surface area contributed by atoms with E-state index in [2.05, 4.69) is 10.2 Å². The average Bonchev–Trinajstić information content (AvgIpc) is 2.70. The highest BCUT2D eigenvalue weighted by atomic mass is 16.4. The fourth-order valence-electron chi connectivity index (χ4n) is 1.19. The predicted octanol–water partition coefficient (Wildman–Crippen LogP) is -1.05. The molecule has 0 amide bonds. The van der Waals surface area contributed by atoms with Gasteiger partial charge in [0.2, 0.25) is 0 Å². The zero-order valence-corrected chi connectivity index (χ0v) is 7.80. The maximum absolute atomic E-state index is 11.4. The van der Waals surface area contributed by atoms with Gasteiger partial charge in [-0.3, -0.25) is 19.4 Å². The Hall–Kier alpha value is -2.64. The van der Waals surface area contributed by atoms with Crippen LogP contribution in [0.5, 0.6) is 0 Å². The number of carbonyl (C=O) groups is 1. The van der Waals surface area contributed by atoms with Crippen molar-refractivity contribution in [1.29, 1.82) is 0 Å². The maximum Gasteiger partial charge on any atom is 0.342 e. The van der Waals surface area contributed by atoms with Crippen LogP contribution in [0.2, 0.25) is 0 Å². The van der Waals surface area contributed by atoms with Gasteiger partial charge in [0.25, 0.3) is 5.56 Å². The van der Waals surface area contributed by atoms with Gasteiger partial charge in [0.15, 0.2) is 0 Å². The van der Waals surface area contributed by atoms with E-state index in [4.69, 9.17) is 5.11 Å². The van der Waals surface area contributed by atoms with E-state index in [0.29, 0.717) is 5.69 Å². The normalized spacial score (nSPS) is 10.2. The van der Waals surface area contributed by atoms with Crippen molar-refractivity contribution in [2.75, 3.05) is 0 Å². The Balaban J connectivity index is 2.73. The van der Waals surface area contributed by atoms with Crippen molar-refractivity contribution < 1.29 is 9.90 Å². The van der Waals surface area contributed by atoms with Crippen molar-refractivity contribution >= 4 is 5.97 Å². The molecule has 16 heavy (non-hydrogen) atoms. The SMILES string of the molecule is O=C(O)c1cn(-c2cn[nH]c2)c(=O)[nH]c1=O. The highest BCUT2D eigenvalue weighted by Gasteiger charge is 2.12. The van der Waals surface area contributed by atoms with Gasteiger partial charge in [-0.25, -0.2) is 9.59 Å². The summed E-state index contributed by atoms with van der Waals surface area (Å²) in [4.78, 5) is 35.1. The first-order valence-corrected chi connectivity index (χ1v) is 4.18. The van der Waals surface area contributed by atoms with Gasteiger partial charge in [0.05, 0.1) is 11.9 Å². The van der Waals surface area contributed by atoms with Gasteiger partial charge in [-0.1, -0.05) is 0 Å². The molecule has 3 N–H and O–H groups in total. The number of aromatic amines is 2. The van der Waals surface area contributed by atoms with Crippen LogP contribution in [0.25, 0.3) is 5.69 Å². The summed E-state index contributed by atoms with van der Waals surface area (Å²) in [6.07, 6.45) is 3.67. The molecule has 0 aliphatic carbocycles. The summed E-state index contributed by atoms with van der Waals surface area (Å²) in [5, 5.41) is 14.8. The van der Waals surface area contributed by atoms with E-state index in [1.807, 2.05) is 4.98 Å². The summed E-state index contributed by atoms with van der Waals surface area (Å²) in [5.74, 6) is -1.40. The van der Waals surface area contributed by atoms with Gasteiger partial charge in [-0.05, 0) is 0 Å². The Morgan fingerprint density at radius 3 is 2.75 bits per heavy atom. The molecular formula is C8H6N4O4. The number of rotatable bonds is 2. The Morgan fingerprint density at radius 2 is 2.19 bits per heavy atom. The first-order valence-electron chi connectivity index (χ1n) is 4.18. The van der Waals surface area contributed by atoms with Crippen LogP contribution >= 0.6 is 0 Å². The molecule has 0 aromatic carbocycles. The van der Waals surface area contributed by atoms with Crippen molar-refractivity contribution in [3.05, 3.63) is 45.0 Å². The van der Waals surface area contributed by atoms with E-state index in [9.17, 15) is 14.4 Å². The van der Waals surface area contributed by atoms with E-state index in [0.717, 1.165) is 10.8 Å². The molecule has 82 valence electrons. The van der Waals surface area contributed by atoms with Crippen LogP contribution in [-0.4, -0.2) is 30.8 Å². The molecule has 0 aliphatic rings. The summed E-state index contributed by atoms with van der Waals surface area (Å²) in [6.45, 7) is 0. The van der Waals surface area contributed by atoms with Crippen LogP contribution in [0.15, 0.2) is 28.2 Å². The molecular weight excluding hydrogens is 216 g/mol. The largest absolute Gasteiger partial charge is 0.477 e. The van der Waals surface area contributed by atoms with E-state index >= 15 is 0 Å². The van der Waals surface area contributed by atoms with E-state index in [-0.39, 0.29) is 0 Å². The minimum absolute atomic E-state index is 0.337. The molecule has 0 radical (unpaired) electrons. The van der Waals surface area contributed by atoms with Crippen molar-refractivity contribution in [1.82, 2.24) is 19.7 Å². The molecule has 0 saturated heterocycles. The summed E-state index contributed by atoms with van der Waals surface area (Å²) < 4.78 is 0.981. The summed E-state index contributed by atoms with van der Waals surface area (Å²) >= 11 is 0. The standard InChI is InChI=1S/C8H6N4O4/c13-6-5(7(14)15)3-12(8(16)11-6)4-1-9-10-2-4/h1-3H,(H,9,10)(H,14,15)(H,11,13,16). The Labute approximate surface area is 87.2 Å². The highest BCUT2D eigenvalue weighted by Crippen LogP contribution is 1.99. The third kappa shape index (κ3) is 1.52. The van der Waals surface area contributed by atoms with Crippen molar-refractivity contribution in [3.8, 4) is 5.69 Å². The van der Waals surface area contributed by atoms with Gasteiger partial charge in [-0.15, -0.1) is 0 Å². The average molecular weight is 222 g/mol. The number of H-pyrrole nitrogens is 2. The van der Waals surface area contributed by atoms with Gasteiger partial charge in [0, 0.05) is 12.4 Å². The number of hydrogen-bond donors (Lipinski definition) is 3. The maximum atomic E-state index is 11.4. The number of nitrogens with zero attached hydrogens (tertiary/aromatic N) is 2. The van der Waals surface area contributed by atoms with Crippen molar-refractivity contribution in [3.63, 3.8) is 0 Å². The lowest BCUT2D eigenvalue weighted by Gasteiger charge is -2.01. The van der Waals surface area contributed by atoms with E-state index < -0.39 is 22.8 Å². The predicted molar refractivity (Wildman–Crippen MR) is 51.8 cm³/mol. The van der Waals surface area contributed by atoms with Crippen LogP contribution in [0, 0.1) is 0 Å². The zero-order chi connectivity index (χ0) is 11.7. The fraction of sp³-hybridized carbons (Fsp3) is 0. The van der Waals surface area contributed by atoms with Crippen LogP contribution in [-0.2, 0) is 0 Å². The second kappa shape index (κ2) is 3.50. The number of carboxylic acid groups (broad SMARTS) is 1. The number of aromatic carboxylic acids is 1. The second-order valence-corrected chi connectivity index (χ2v) is 2.93. The molecule has 2 aromatic rings. The van der Waals surface area contributed by atoms with Crippen molar-refractivity contribution in [2.45, 2.75) is 0 Å². The molecule has 8 nitrogen and oxygen atoms in total. The first-order chi connectivity index (χ1) is 7.59. The molecule has 0 bridgehead atoms. The molecule has 0 fully saturated rings. The summed E-state index contributed by atoms with van der Waals surface area (Å²) in [5.41, 5.74) is -1.84. The number of carboxylic acids is 1. The van der Waals surface area contributed by atoms with Gasteiger partial charge < -0.3 is 5.11 Å². The van der Waals surface area contributed by atoms with Gasteiger partial charge >= 0.3 is 11.7 Å². The molecule has 0 atom stereocenters. The second-order valence-electron chi connectivity index (χ2n) is 2.93. The molecule has 0 unspecified atom stereocenters. The minimum Gasteiger partial charge on any atom is -0.477 e. The Kier molecular flexibility index (Phi) is 2.16. The number of aromatic nitrogens is 4. The minimum atomic E-state index is -1.40. The highest BCUT2D eigenvalue weighted by molar-refractivity contribution is 5.86. The molecule has 2 heterocycles. The van der Waals surface area contributed by atoms with Crippen LogP contribution in [0.1, 0.15) is 10.4 Å². The number of hydrogen-bond acceptors (Lipinski definition) is 4. The molecule has 0 spiro atoms. The molecule has 0 saturated carbocycles. The molecule has 2 rings (SSSR count). The van der Waals surface area contributed by atoms with Crippen LogP contribution < -0.4 is 11.2 Å². The summed E-state index contributed by atoms with van der Waals surface area (Å²) in [6, 6.07) is 0. The first kappa shape index (κ1) is 9.90. The molecule has 0 aliphatic heterocycles. The van der Waals surface area contributed by atoms with E-state index in [1.54, 1.807) is 0 Å². The Bertz CT molecular complexity index is 637. The zero-order valence-electron chi connectivity index (χ0n) is 7.80. The van der Waals surface area contributed by atoms with E-state index in [1.165, 1.54) is 12.4 Å². The molecule has 8 heteroatoms. The lowest BCUT2D eigenvalue weighted by molar-refractivity contribution is 0.0694. The quantitative estimate of drug-likeness (QED) is 0.598. The van der Waals surface area contributed by atoms with Crippen molar-refractivity contribution in [2.24, 2.45) is 0 Å². The van der Waals surface area contributed by atoms with Gasteiger partial charge in [0.1, 0.15) is 5.56 Å². The monoisotopic (exact) mass is 222 g/mol. The van der Waals surface area contributed by atoms with Crippen LogP contribution in [0.4, 0.5) is 0 Å². The topological polar surface area (TPSA) is 121 Å². The Morgan fingerprint density at radius 1 is 1.44 bits per heavy atom. The fourth-order valence-corrected chi connectivity index (χ4v) is 1.19. The third-order valence-electron chi connectivity index (χ3n) is 1.93. The lowest BCUT2D eigenvalue weighted by Crippen LogP contribution is -2.32. The smallest absolute Gasteiger partial charge is 0.342 e. The van der Waals surface area contributed by atoms with Crippen LogP contribution in [0.3, 0.4) is 0 Å². The summed E-state index contributed by atoms with van der Waals surface area (Å²) in [7, 11) is 0. The lowest BCUT2D eigenvalue weighted by atomic mass is 10.3. The van der Waals surface area contributed by atoms with Gasteiger partial charge in [-0.2, -0.15) is 5.10 Å². The third-order valence-corrected chi connectivity index (χ3v) is 1.93. The number of nitrogens with one attached hydrogen (secondary N) is 2. The molecule has 2 aromatic heterocycles.